The summed E-state index contributed by atoms with van der Waals surface area (Å²) in [7, 11) is -3.59. The molecule has 1 fully saturated rings. The second-order valence-corrected chi connectivity index (χ2v) is 8.77. The molecule has 0 radical (unpaired) electrons. The van der Waals surface area contributed by atoms with Gasteiger partial charge in [0, 0.05) is 44.3 Å². The van der Waals surface area contributed by atoms with E-state index in [1.54, 1.807) is 19.1 Å². The van der Waals surface area contributed by atoms with Gasteiger partial charge < -0.3 is 10.6 Å². The molecule has 2 amide bonds. The Morgan fingerprint density at radius 2 is 1.63 bits per heavy atom. The topological polar surface area (TPSA) is 98.8 Å². The van der Waals surface area contributed by atoms with E-state index in [1.807, 2.05) is 18.7 Å². The van der Waals surface area contributed by atoms with Gasteiger partial charge in [-0.05, 0) is 38.1 Å². The van der Waals surface area contributed by atoms with Crippen molar-refractivity contribution in [3.8, 4) is 0 Å². The predicted octanol–water partition coefficient (Wildman–Crippen LogP) is 0.866. The van der Waals surface area contributed by atoms with Crippen molar-refractivity contribution in [1.29, 1.82) is 0 Å². The third kappa shape index (κ3) is 6.02. The molecule has 27 heavy (non-hydrogen) atoms. The summed E-state index contributed by atoms with van der Waals surface area (Å²) < 4.78 is 27.0. The Morgan fingerprint density at radius 1 is 1.04 bits per heavy atom. The molecule has 0 bridgehead atoms. The van der Waals surface area contributed by atoms with Crippen molar-refractivity contribution in [3.05, 3.63) is 24.3 Å². The Balaban J connectivity index is 1.94. The fourth-order valence-corrected chi connectivity index (χ4v) is 4.23. The number of benzene rings is 1. The number of sulfonamides is 1. The Hall–Kier alpha value is -1.97. The van der Waals surface area contributed by atoms with E-state index in [1.165, 1.54) is 16.4 Å². The van der Waals surface area contributed by atoms with E-state index in [9.17, 15) is 18.0 Å². The quantitative estimate of drug-likeness (QED) is 0.712. The van der Waals surface area contributed by atoms with Crippen LogP contribution in [-0.4, -0.2) is 68.2 Å². The minimum atomic E-state index is -3.59. The SMILES string of the molecule is CCC(=O)Nc1ccc(S(=O)(=O)N2CCN(CC(=O)NC(C)C)CC2)cc1. The number of amides is 2. The monoisotopic (exact) mass is 396 g/mol. The van der Waals surface area contributed by atoms with Crippen molar-refractivity contribution in [3.63, 3.8) is 0 Å². The Bertz CT molecular complexity index is 754. The summed E-state index contributed by atoms with van der Waals surface area (Å²) in [6.07, 6.45) is 0.361. The summed E-state index contributed by atoms with van der Waals surface area (Å²) in [5, 5.41) is 5.53. The van der Waals surface area contributed by atoms with E-state index in [0.717, 1.165) is 0 Å². The number of nitrogens with one attached hydrogen (secondary N) is 2. The number of anilines is 1. The summed E-state index contributed by atoms with van der Waals surface area (Å²) in [5.41, 5.74) is 0.571. The number of rotatable bonds is 7. The fraction of sp³-hybridized carbons (Fsp3) is 0.556. The van der Waals surface area contributed by atoms with Crippen LogP contribution in [0.3, 0.4) is 0 Å². The van der Waals surface area contributed by atoms with Crippen LogP contribution in [0.15, 0.2) is 29.2 Å². The average molecular weight is 397 g/mol. The van der Waals surface area contributed by atoms with Gasteiger partial charge in [-0.1, -0.05) is 6.92 Å². The van der Waals surface area contributed by atoms with Gasteiger partial charge in [-0.3, -0.25) is 14.5 Å². The van der Waals surface area contributed by atoms with Crippen LogP contribution in [0.5, 0.6) is 0 Å². The van der Waals surface area contributed by atoms with Crippen molar-refractivity contribution in [2.24, 2.45) is 0 Å². The second-order valence-electron chi connectivity index (χ2n) is 6.83. The van der Waals surface area contributed by atoms with Crippen LogP contribution in [0.25, 0.3) is 0 Å². The van der Waals surface area contributed by atoms with Crippen LogP contribution < -0.4 is 10.6 Å². The Morgan fingerprint density at radius 3 is 2.15 bits per heavy atom. The van der Waals surface area contributed by atoms with Crippen molar-refractivity contribution in [1.82, 2.24) is 14.5 Å². The van der Waals surface area contributed by atoms with Crippen LogP contribution in [-0.2, 0) is 19.6 Å². The molecule has 0 aliphatic carbocycles. The highest BCUT2D eigenvalue weighted by Gasteiger charge is 2.29. The summed E-state index contributed by atoms with van der Waals surface area (Å²) in [5.74, 6) is -0.172. The maximum Gasteiger partial charge on any atom is 0.243 e. The third-order valence-corrected chi connectivity index (χ3v) is 6.16. The molecule has 2 rings (SSSR count). The molecule has 1 aliphatic heterocycles. The molecule has 0 spiro atoms. The first-order chi connectivity index (χ1) is 12.7. The maximum atomic E-state index is 12.8. The van der Waals surface area contributed by atoms with Crippen LogP contribution in [0.2, 0.25) is 0 Å². The maximum absolute atomic E-state index is 12.8. The van der Waals surface area contributed by atoms with Crippen LogP contribution >= 0.6 is 0 Å². The largest absolute Gasteiger partial charge is 0.353 e. The van der Waals surface area contributed by atoms with Crippen LogP contribution in [0.1, 0.15) is 27.2 Å². The van der Waals surface area contributed by atoms with E-state index in [2.05, 4.69) is 10.6 Å². The average Bonchev–Trinajstić information content (AvgIpc) is 2.61. The van der Waals surface area contributed by atoms with E-state index in [0.29, 0.717) is 38.3 Å². The minimum absolute atomic E-state index is 0.0500. The molecule has 2 N–H and O–H groups in total. The second kappa shape index (κ2) is 9.29. The van der Waals surface area contributed by atoms with E-state index in [-0.39, 0.29) is 29.3 Å². The standard InChI is InChI=1S/C18H28N4O4S/c1-4-17(23)20-15-5-7-16(8-6-15)27(25,26)22-11-9-21(10-12-22)13-18(24)19-14(2)3/h5-8,14H,4,9-13H2,1-3H3,(H,19,24)(H,20,23). The zero-order valence-electron chi connectivity index (χ0n) is 16.1. The van der Waals surface area contributed by atoms with Gasteiger partial charge in [-0.25, -0.2) is 8.42 Å². The first kappa shape index (κ1) is 21.3. The molecule has 150 valence electrons. The normalized spacial score (nSPS) is 16.3. The van der Waals surface area contributed by atoms with Crippen molar-refractivity contribution >= 4 is 27.5 Å². The molecule has 1 saturated heterocycles. The van der Waals surface area contributed by atoms with Gasteiger partial charge >= 0.3 is 0 Å². The van der Waals surface area contributed by atoms with E-state index >= 15 is 0 Å². The molecule has 0 saturated carbocycles. The van der Waals surface area contributed by atoms with Crippen LogP contribution in [0, 0.1) is 0 Å². The molecular weight excluding hydrogens is 368 g/mol. The van der Waals surface area contributed by atoms with Crippen LogP contribution in [0.4, 0.5) is 5.69 Å². The summed E-state index contributed by atoms with van der Waals surface area (Å²) in [4.78, 5) is 25.4. The van der Waals surface area contributed by atoms with Crippen molar-refractivity contribution in [2.75, 3.05) is 38.0 Å². The molecule has 1 aliphatic rings. The molecular formula is C18H28N4O4S. The number of hydrogen-bond donors (Lipinski definition) is 2. The molecule has 8 nitrogen and oxygen atoms in total. The molecule has 9 heteroatoms. The lowest BCUT2D eigenvalue weighted by atomic mass is 10.3. The first-order valence-corrected chi connectivity index (χ1v) is 10.6. The van der Waals surface area contributed by atoms with Gasteiger partial charge in [-0.2, -0.15) is 4.31 Å². The number of hydrogen-bond acceptors (Lipinski definition) is 5. The molecule has 0 unspecified atom stereocenters. The summed E-state index contributed by atoms with van der Waals surface area (Å²) >= 11 is 0. The van der Waals surface area contributed by atoms with E-state index < -0.39 is 10.0 Å². The Labute approximate surface area is 161 Å². The van der Waals surface area contributed by atoms with Gasteiger partial charge in [0.25, 0.3) is 0 Å². The molecule has 0 atom stereocenters. The smallest absolute Gasteiger partial charge is 0.243 e. The first-order valence-electron chi connectivity index (χ1n) is 9.14. The number of piperazine rings is 1. The molecule has 1 aromatic rings. The molecule has 1 heterocycles. The lowest BCUT2D eigenvalue weighted by molar-refractivity contribution is -0.123. The summed E-state index contributed by atoms with van der Waals surface area (Å²) in [6, 6.07) is 6.27. The van der Waals surface area contributed by atoms with E-state index in [4.69, 9.17) is 0 Å². The number of carbonyl (C=O) groups is 2. The van der Waals surface area contributed by atoms with Crippen molar-refractivity contribution in [2.45, 2.75) is 38.1 Å². The minimum Gasteiger partial charge on any atom is -0.353 e. The van der Waals surface area contributed by atoms with Gasteiger partial charge in [0.05, 0.1) is 11.4 Å². The third-order valence-electron chi connectivity index (χ3n) is 4.25. The highest BCUT2D eigenvalue weighted by Crippen LogP contribution is 2.20. The zero-order valence-corrected chi connectivity index (χ0v) is 16.9. The predicted molar refractivity (Wildman–Crippen MR) is 104 cm³/mol. The zero-order chi connectivity index (χ0) is 20.0. The van der Waals surface area contributed by atoms with Gasteiger partial charge in [0.1, 0.15) is 0 Å². The molecule has 0 aromatic heterocycles. The molecule has 1 aromatic carbocycles. The highest BCUT2D eigenvalue weighted by molar-refractivity contribution is 7.89. The van der Waals surface area contributed by atoms with Gasteiger partial charge in [0.2, 0.25) is 21.8 Å². The fourth-order valence-electron chi connectivity index (χ4n) is 2.81. The van der Waals surface area contributed by atoms with Gasteiger partial charge in [-0.15, -0.1) is 0 Å². The van der Waals surface area contributed by atoms with Gasteiger partial charge in [0.15, 0.2) is 0 Å². The lowest BCUT2D eigenvalue weighted by Gasteiger charge is -2.33. The summed E-state index contributed by atoms with van der Waals surface area (Å²) in [6.45, 7) is 7.53. The number of carbonyl (C=O) groups excluding carboxylic acids is 2. The Kier molecular flexibility index (Phi) is 7.34. The van der Waals surface area contributed by atoms with Crippen molar-refractivity contribution < 1.29 is 18.0 Å². The number of nitrogens with zero attached hydrogens (tertiary/aromatic N) is 2. The lowest BCUT2D eigenvalue weighted by Crippen LogP contribution is -2.51. The highest BCUT2D eigenvalue weighted by atomic mass is 32.2.